The van der Waals surface area contributed by atoms with E-state index in [-0.39, 0.29) is 0 Å². The number of fused-ring (bicyclic) bond motifs is 1. The van der Waals surface area contributed by atoms with Crippen molar-refractivity contribution in [3.63, 3.8) is 0 Å². The fourth-order valence-electron chi connectivity index (χ4n) is 2.42. The fraction of sp³-hybridized carbons (Fsp3) is 0.462. The van der Waals surface area contributed by atoms with Gasteiger partial charge in [0.2, 0.25) is 5.95 Å². The molecule has 2 aromatic rings. The molecule has 5 nitrogen and oxygen atoms in total. The van der Waals surface area contributed by atoms with Gasteiger partial charge in [0.05, 0.1) is 24.2 Å². The SMILES string of the molecule is NCCn1c(N2CCOCC2)nc2ccccc21. The molecule has 0 atom stereocenters. The average Bonchev–Trinajstić information content (AvgIpc) is 2.80. The van der Waals surface area contributed by atoms with Crippen LogP contribution in [-0.2, 0) is 11.3 Å². The highest BCUT2D eigenvalue weighted by Crippen LogP contribution is 2.22. The molecule has 5 heteroatoms. The van der Waals surface area contributed by atoms with Gasteiger partial charge in [-0.05, 0) is 12.1 Å². The van der Waals surface area contributed by atoms with Gasteiger partial charge < -0.3 is 19.9 Å². The molecule has 0 bridgehead atoms. The molecule has 1 saturated heterocycles. The Kier molecular flexibility index (Phi) is 3.17. The maximum atomic E-state index is 5.72. The number of hydrogen-bond acceptors (Lipinski definition) is 4. The summed E-state index contributed by atoms with van der Waals surface area (Å²) in [5.41, 5.74) is 7.91. The molecule has 0 saturated carbocycles. The minimum Gasteiger partial charge on any atom is -0.378 e. The lowest BCUT2D eigenvalue weighted by atomic mass is 10.3. The number of ether oxygens (including phenoxy) is 1. The Morgan fingerprint density at radius 2 is 2.00 bits per heavy atom. The van der Waals surface area contributed by atoms with Gasteiger partial charge in [-0.15, -0.1) is 0 Å². The van der Waals surface area contributed by atoms with Gasteiger partial charge in [-0.3, -0.25) is 0 Å². The summed E-state index contributed by atoms with van der Waals surface area (Å²) >= 11 is 0. The summed E-state index contributed by atoms with van der Waals surface area (Å²) in [4.78, 5) is 7.01. The molecule has 0 radical (unpaired) electrons. The van der Waals surface area contributed by atoms with Crippen LogP contribution in [0.25, 0.3) is 11.0 Å². The normalized spacial score (nSPS) is 16.4. The van der Waals surface area contributed by atoms with E-state index in [1.54, 1.807) is 0 Å². The summed E-state index contributed by atoms with van der Waals surface area (Å²) in [5.74, 6) is 1.02. The van der Waals surface area contributed by atoms with E-state index in [2.05, 4.69) is 15.5 Å². The third-order valence-corrected chi connectivity index (χ3v) is 3.28. The smallest absolute Gasteiger partial charge is 0.206 e. The standard InChI is InChI=1S/C13H18N4O/c14-5-6-17-12-4-2-1-3-11(12)15-13(17)16-7-9-18-10-8-16/h1-4H,5-10,14H2. The molecule has 18 heavy (non-hydrogen) atoms. The molecule has 0 amide bonds. The van der Waals surface area contributed by atoms with Gasteiger partial charge in [0, 0.05) is 26.2 Å². The highest BCUT2D eigenvalue weighted by molar-refractivity contribution is 5.78. The number of anilines is 1. The second kappa shape index (κ2) is 4.96. The van der Waals surface area contributed by atoms with Crippen LogP contribution in [0.5, 0.6) is 0 Å². The lowest BCUT2D eigenvalue weighted by molar-refractivity contribution is 0.121. The number of morpholine rings is 1. The number of rotatable bonds is 3. The van der Waals surface area contributed by atoms with Crippen LogP contribution in [0.15, 0.2) is 24.3 Å². The minimum atomic E-state index is 0.623. The van der Waals surface area contributed by atoms with Crippen LogP contribution < -0.4 is 10.6 Å². The summed E-state index contributed by atoms with van der Waals surface area (Å²) in [6.45, 7) is 4.75. The van der Waals surface area contributed by atoms with E-state index < -0.39 is 0 Å². The molecule has 0 spiro atoms. The molecular formula is C13H18N4O. The number of benzene rings is 1. The second-order valence-electron chi connectivity index (χ2n) is 4.44. The van der Waals surface area contributed by atoms with E-state index in [0.29, 0.717) is 6.54 Å². The van der Waals surface area contributed by atoms with Gasteiger partial charge in [-0.25, -0.2) is 4.98 Å². The highest BCUT2D eigenvalue weighted by Gasteiger charge is 2.18. The zero-order valence-electron chi connectivity index (χ0n) is 10.4. The van der Waals surface area contributed by atoms with Crippen LogP contribution in [0.4, 0.5) is 5.95 Å². The Morgan fingerprint density at radius 3 is 2.78 bits per heavy atom. The molecule has 0 aliphatic carbocycles. The molecule has 1 aromatic heterocycles. The second-order valence-corrected chi connectivity index (χ2v) is 4.44. The molecule has 1 fully saturated rings. The lowest BCUT2D eigenvalue weighted by Gasteiger charge is -2.28. The van der Waals surface area contributed by atoms with Gasteiger partial charge in [0.1, 0.15) is 0 Å². The van der Waals surface area contributed by atoms with Crippen molar-refractivity contribution in [1.82, 2.24) is 9.55 Å². The Morgan fingerprint density at radius 1 is 1.22 bits per heavy atom. The zero-order chi connectivity index (χ0) is 12.4. The summed E-state index contributed by atoms with van der Waals surface area (Å²) < 4.78 is 7.60. The van der Waals surface area contributed by atoms with Crippen molar-refractivity contribution >= 4 is 17.0 Å². The largest absolute Gasteiger partial charge is 0.378 e. The van der Waals surface area contributed by atoms with E-state index in [9.17, 15) is 0 Å². The fourth-order valence-corrected chi connectivity index (χ4v) is 2.42. The maximum Gasteiger partial charge on any atom is 0.206 e. The number of nitrogens with zero attached hydrogens (tertiary/aromatic N) is 3. The summed E-state index contributed by atoms with van der Waals surface area (Å²) in [6, 6.07) is 8.21. The van der Waals surface area contributed by atoms with Crippen LogP contribution in [0.1, 0.15) is 0 Å². The molecule has 2 heterocycles. The molecule has 1 aliphatic heterocycles. The Bertz CT molecular complexity index is 531. The Hall–Kier alpha value is -1.59. The van der Waals surface area contributed by atoms with Crippen molar-refractivity contribution in [2.45, 2.75) is 6.54 Å². The topological polar surface area (TPSA) is 56.3 Å². The molecule has 2 N–H and O–H groups in total. The first-order valence-electron chi connectivity index (χ1n) is 6.38. The predicted octanol–water partition coefficient (Wildman–Crippen LogP) is 0.832. The lowest BCUT2D eigenvalue weighted by Crippen LogP contribution is -2.38. The summed E-state index contributed by atoms with van der Waals surface area (Å²) in [6.07, 6.45) is 0. The zero-order valence-corrected chi connectivity index (χ0v) is 10.4. The van der Waals surface area contributed by atoms with Crippen molar-refractivity contribution in [3.05, 3.63) is 24.3 Å². The first-order chi connectivity index (χ1) is 8.90. The monoisotopic (exact) mass is 246 g/mol. The van der Waals surface area contributed by atoms with Gasteiger partial charge >= 0.3 is 0 Å². The molecule has 96 valence electrons. The van der Waals surface area contributed by atoms with Crippen LogP contribution in [-0.4, -0.2) is 42.4 Å². The van der Waals surface area contributed by atoms with Gasteiger partial charge in [0.25, 0.3) is 0 Å². The third kappa shape index (κ3) is 1.95. The van der Waals surface area contributed by atoms with E-state index in [1.165, 1.54) is 0 Å². The van der Waals surface area contributed by atoms with Crippen molar-refractivity contribution in [2.24, 2.45) is 5.73 Å². The van der Waals surface area contributed by atoms with Gasteiger partial charge in [0.15, 0.2) is 0 Å². The van der Waals surface area contributed by atoms with Crippen molar-refractivity contribution in [1.29, 1.82) is 0 Å². The van der Waals surface area contributed by atoms with Gasteiger partial charge in [-0.1, -0.05) is 12.1 Å². The number of hydrogen-bond donors (Lipinski definition) is 1. The van der Waals surface area contributed by atoms with E-state index >= 15 is 0 Å². The Balaban J connectivity index is 2.05. The van der Waals surface area contributed by atoms with Crippen LogP contribution in [0.2, 0.25) is 0 Å². The number of nitrogens with two attached hydrogens (primary N) is 1. The molecule has 3 rings (SSSR count). The first kappa shape index (κ1) is 11.5. The first-order valence-corrected chi connectivity index (χ1v) is 6.38. The van der Waals surface area contributed by atoms with Gasteiger partial charge in [-0.2, -0.15) is 0 Å². The van der Waals surface area contributed by atoms with E-state index in [1.807, 2.05) is 18.2 Å². The summed E-state index contributed by atoms with van der Waals surface area (Å²) in [7, 11) is 0. The van der Waals surface area contributed by atoms with Crippen LogP contribution >= 0.6 is 0 Å². The average molecular weight is 246 g/mol. The van der Waals surface area contributed by atoms with E-state index in [0.717, 1.165) is 49.8 Å². The minimum absolute atomic E-state index is 0.623. The van der Waals surface area contributed by atoms with Crippen molar-refractivity contribution in [3.8, 4) is 0 Å². The molecule has 1 aromatic carbocycles. The molecule has 1 aliphatic rings. The van der Waals surface area contributed by atoms with Crippen molar-refractivity contribution < 1.29 is 4.74 Å². The quantitative estimate of drug-likeness (QED) is 0.871. The Labute approximate surface area is 106 Å². The maximum absolute atomic E-state index is 5.72. The molecule has 0 unspecified atom stereocenters. The van der Waals surface area contributed by atoms with Crippen LogP contribution in [0.3, 0.4) is 0 Å². The van der Waals surface area contributed by atoms with Crippen LogP contribution in [0, 0.1) is 0 Å². The van der Waals surface area contributed by atoms with Crippen molar-refractivity contribution in [2.75, 3.05) is 37.7 Å². The number of aromatic nitrogens is 2. The van der Waals surface area contributed by atoms with E-state index in [4.69, 9.17) is 15.5 Å². The predicted molar refractivity (Wildman–Crippen MR) is 71.8 cm³/mol. The number of imidazole rings is 1. The summed E-state index contributed by atoms with van der Waals surface area (Å²) in [5, 5.41) is 0. The third-order valence-electron chi connectivity index (χ3n) is 3.28. The number of para-hydroxylation sites is 2. The molecular weight excluding hydrogens is 228 g/mol. The highest BCUT2D eigenvalue weighted by atomic mass is 16.5.